The van der Waals surface area contributed by atoms with Crippen LogP contribution in [0.2, 0.25) is 0 Å². The minimum absolute atomic E-state index is 0.110. The quantitative estimate of drug-likeness (QED) is 0.233. The summed E-state index contributed by atoms with van der Waals surface area (Å²) in [5.41, 5.74) is -1.53. The summed E-state index contributed by atoms with van der Waals surface area (Å²) in [5, 5.41) is 22.7. The number of benzene rings is 1. The standard InChI is InChI=1S/C31H43F3O4.C2H6/c1-19(2)7-13-24-27(36)26(25(35)14-10-22-8-11-23(12-9-22)31(32,33)34)29(38)30(28(24)37,17-15-20(3)4)18-16-21(5)6;1-2/h8-9,11-12,19-21,36-37H,7,10,13-18H2,1-6H3;1-2H3. The Morgan fingerprint density at radius 1 is 0.825 bits per heavy atom. The number of carbonyl (C=O) groups excluding carboxylic acids is 2. The van der Waals surface area contributed by atoms with Crippen LogP contribution in [0.25, 0.3) is 0 Å². The van der Waals surface area contributed by atoms with Crippen molar-refractivity contribution in [3.05, 3.63) is 58.1 Å². The van der Waals surface area contributed by atoms with Crippen LogP contribution in [0.3, 0.4) is 0 Å². The van der Waals surface area contributed by atoms with Gasteiger partial charge in [-0.2, -0.15) is 13.2 Å². The zero-order valence-electron chi connectivity index (χ0n) is 25.5. The lowest BCUT2D eigenvalue weighted by molar-refractivity contribution is -0.137. The number of aliphatic hydroxyl groups excluding tert-OH is 2. The van der Waals surface area contributed by atoms with Crippen LogP contribution >= 0.6 is 0 Å². The van der Waals surface area contributed by atoms with Crippen molar-refractivity contribution in [2.75, 3.05) is 0 Å². The molecule has 226 valence electrons. The molecule has 4 nitrogen and oxygen atoms in total. The molecule has 1 aromatic carbocycles. The highest BCUT2D eigenvalue weighted by molar-refractivity contribution is 6.24. The van der Waals surface area contributed by atoms with Crippen LogP contribution in [0.1, 0.15) is 111 Å². The summed E-state index contributed by atoms with van der Waals surface area (Å²) in [6, 6.07) is 4.58. The largest absolute Gasteiger partial charge is 0.511 e. The predicted molar refractivity (Wildman–Crippen MR) is 155 cm³/mol. The Balaban J connectivity index is 0.00000391. The van der Waals surface area contributed by atoms with Gasteiger partial charge in [0.05, 0.1) is 11.0 Å². The molecule has 0 heterocycles. The zero-order valence-corrected chi connectivity index (χ0v) is 25.5. The lowest BCUT2D eigenvalue weighted by Gasteiger charge is -2.38. The third-order valence-corrected chi connectivity index (χ3v) is 7.39. The maximum absolute atomic E-state index is 14.0. The van der Waals surface area contributed by atoms with Gasteiger partial charge in [-0.3, -0.25) is 9.59 Å². The summed E-state index contributed by atoms with van der Waals surface area (Å²) in [7, 11) is 0. The van der Waals surface area contributed by atoms with Crippen molar-refractivity contribution in [2.45, 2.75) is 113 Å². The van der Waals surface area contributed by atoms with Gasteiger partial charge in [-0.05, 0) is 80.4 Å². The van der Waals surface area contributed by atoms with Crippen LogP contribution in [0, 0.1) is 23.2 Å². The zero-order chi connectivity index (χ0) is 30.8. The second-order valence-electron chi connectivity index (χ2n) is 11.9. The molecule has 2 rings (SSSR count). The number of ketones is 2. The van der Waals surface area contributed by atoms with E-state index in [1.807, 2.05) is 55.4 Å². The molecule has 1 aliphatic rings. The number of aryl methyl sites for hydroxylation is 1. The van der Waals surface area contributed by atoms with Crippen LogP contribution in [-0.4, -0.2) is 21.8 Å². The van der Waals surface area contributed by atoms with E-state index < -0.39 is 34.5 Å². The van der Waals surface area contributed by atoms with E-state index >= 15 is 0 Å². The monoisotopic (exact) mass is 566 g/mol. The number of alkyl halides is 3. The minimum atomic E-state index is -4.45. The number of allylic oxidation sites excluding steroid dienone is 3. The number of Topliss-reactive ketones (excluding diaryl/α,β-unsaturated/α-hetero) is 2. The Kier molecular flexibility index (Phi) is 13.7. The third-order valence-electron chi connectivity index (χ3n) is 7.39. The smallest absolute Gasteiger partial charge is 0.416 e. The first-order valence-electron chi connectivity index (χ1n) is 14.7. The van der Waals surface area contributed by atoms with Crippen molar-refractivity contribution in [2.24, 2.45) is 23.2 Å². The summed E-state index contributed by atoms with van der Waals surface area (Å²) in [6.45, 7) is 16.2. The normalized spacial score (nSPS) is 15.7. The van der Waals surface area contributed by atoms with Crippen LogP contribution in [0.4, 0.5) is 13.2 Å². The number of halogens is 3. The predicted octanol–water partition coefficient (Wildman–Crippen LogP) is 9.74. The Labute approximate surface area is 238 Å². The topological polar surface area (TPSA) is 74.6 Å². The van der Waals surface area contributed by atoms with E-state index in [0.29, 0.717) is 44.1 Å². The van der Waals surface area contributed by atoms with Gasteiger partial charge >= 0.3 is 6.18 Å². The molecule has 7 heteroatoms. The molecule has 0 amide bonds. The molecule has 0 radical (unpaired) electrons. The second kappa shape index (κ2) is 15.4. The Morgan fingerprint density at radius 2 is 1.30 bits per heavy atom. The van der Waals surface area contributed by atoms with Crippen molar-refractivity contribution in [3.63, 3.8) is 0 Å². The fourth-order valence-electron chi connectivity index (χ4n) is 4.84. The van der Waals surface area contributed by atoms with Gasteiger partial charge in [0, 0.05) is 12.0 Å². The van der Waals surface area contributed by atoms with Gasteiger partial charge in [0.1, 0.15) is 17.1 Å². The van der Waals surface area contributed by atoms with Gasteiger partial charge in [-0.15, -0.1) is 0 Å². The average molecular weight is 567 g/mol. The molecule has 1 aliphatic carbocycles. The number of hydrogen-bond donors (Lipinski definition) is 2. The highest BCUT2D eigenvalue weighted by atomic mass is 19.4. The molecule has 0 aromatic heterocycles. The summed E-state index contributed by atoms with van der Waals surface area (Å²) in [6.07, 6.45) is -1.39. The lowest BCUT2D eigenvalue weighted by atomic mass is 9.64. The SMILES string of the molecule is CC.CC(C)CCC1=C(O)C(CCC(C)C)(CCC(C)C)C(=O)C(C(=O)CCc2ccc(C(F)(F)F)cc2)=C1O. The van der Waals surface area contributed by atoms with Gasteiger partial charge in [0.2, 0.25) is 0 Å². The summed E-state index contributed by atoms with van der Waals surface area (Å²) < 4.78 is 38.7. The maximum atomic E-state index is 14.0. The molecule has 0 fully saturated rings. The van der Waals surface area contributed by atoms with E-state index in [9.17, 15) is 33.0 Å². The van der Waals surface area contributed by atoms with Crippen LogP contribution in [0.5, 0.6) is 0 Å². The van der Waals surface area contributed by atoms with Crippen LogP contribution in [-0.2, 0) is 22.2 Å². The van der Waals surface area contributed by atoms with Gasteiger partial charge in [-0.1, -0.05) is 67.5 Å². The Hall–Kier alpha value is -2.57. The van der Waals surface area contributed by atoms with Crippen molar-refractivity contribution in [1.82, 2.24) is 0 Å². The number of aliphatic hydroxyl groups is 2. The molecule has 0 atom stereocenters. The second-order valence-corrected chi connectivity index (χ2v) is 11.9. The van der Waals surface area contributed by atoms with E-state index in [1.54, 1.807) is 0 Å². The molecule has 2 N–H and O–H groups in total. The summed E-state index contributed by atoms with van der Waals surface area (Å²) >= 11 is 0. The fourth-order valence-corrected chi connectivity index (χ4v) is 4.84. The van der Waals surface area contributed by atoms with Gasteiger partial charge in [-0.25, -0.2) is 0 Å². The first kappa shape index (κ1) is 35.5. The minimum Gasteiger partial charge on any atom is -0.511 e. The molecule has 0 saturated carbocycles. The fraction of sp³-hybridized carbons (Fsp3) is 0.636. The summed E-state index contributed by atoms with van der Waals surface area (Å²) in [5.74, 6) is -0.843. The highest BCUT2D eigenvalue weighted by Crippen LogP contribution is 2.48. The molecular weight excluding hydrogens is 517 g/mol. The van der Waals surface area contributed by atoms with Crippen molar-refractivity contribution in [1.29, 1.82) is 0 Å². The molecule has 0 spiro atoms. The van der Waals surface area contributed by atoms with Crippen molar-refractivity contribution >= 4 is 11.6 Å². The Bertz CT molecular complexity index is 1030. The van der Waals surface area contributed by atoms with Crippen LogP contribution in [0.15, 0.2) is 46.9 Å². The Morgan fingerprint density at radius 3 is 1.73 bits per heavy atom. The molecule has 0 aliphatic heterocycles. The van der Waals surface area contributed by atoms with E-state index in [2.05, 4.69) is 0 Å². The molecule has 0 saturated heterocycles. The highest BCUT2D eigenvalue weighted by Gasteiger charge is 2.50. The van der Waals surface area contributed by atoms with E-state index in [4.69, 9.17) is 0 Å². The molecule has 0 bridgehead atoms. The number of rotatable bonds is 13. The van der Waals surface area contributed by atoms with E-state index in [0.717, 1.165) is 12.1 Å². The van der Waals surface area contributed by atoms with Gasteiger partial charge < -0.3 is 10.2 Å². The van der Waals surface area contributed by atoms with Crippen molar-refractivity contribution in [3.8, 4) is 0 Å². The number of carbonyl (C=O) groups is 2. The molecule has 40 heavy (non-hydrogen) atoms. The van der Waals surface area contributed by atoms with E-state index in [-0.39, 0.29) is 47.5 Å². The summed E-state index contributed by atoms with van der Waals surface area (Å²) in [4.78, 5) is 27.5. The first-order chi connectivity index (χ1) is 18.6. The van der Waals surface area contributed by atoms with Gasteiger partial charge in [0.25, 0.3) is 0 Å². The third kappa shape index (κ3) is 9.24. The number of hydrogen-bond acceptors (Lipinski definition) is 4. The molecular formula is C33H49F3O4. The van der Waals surface area contributed by atoms with Crippen molar-refractivity contribution < 1.29 is 33.0 Å². The molecule has 0 unspecified atom stereocenters. The lowest BCUT2D eigenvalue weighted by Crippen LogP contribution is -2.41. The maximum Gasteiger partial charge on any atom is 0.416 e. The van der Waals surface area contributed by atoms with E-state index in [1.165, 1.54) is 12.1 Å². The first-order valence-corrected chi connectivity index (χ1v) is 14.7. The average Bonchev–Trinajstić information content (AvgIpc) is 2.87. The molecule has 1 aromatic rings. The van der Waals surface area contributed by atoms with Gasteiger partial charge in [0.15, 0.2) is 11.6 Å². The van der Waals surface area contributed by atoms with Crippen LogP contribution < -0.4 is 0 Å².